The Kier molecular flexibility index (Phi) is 6.03. The predicted octanol–water partition coefficient (Wildman–Crippen LogP) is 6.54. The van der Waals surface area contributed by atoms with Crippen LogP contribution in [0.2, 0.25) is 0 Å². The molecule has 0 bridgehead atoms. The Morgan fingerprint density at radius 1 is 0.955 bits per heavy atom. The first-order valence-electron chi connectivity index (χ1n) is 7.93. The van der Waals surface area contributed by atoms with E-state index in [2.05, 4.69) is 56.1 Å². The summed E-state index contributed by atoms with van der Waals surface area (Å²) in [6, 6.07) is 12.9. The van der Waals surface area contributed by atoms with Crippen LogP contribution >= 0.6 is 11.8 Å². The molecule has 2 nitrogen and oxygen atoms in total. The van der Waals surface area contributed by atoms with Crippen LogP contribution in [0.3, 0.4) is 0 Å². The lowest BCUT2D eigenvalue weighted by atomic mass is 10.0. The van der Waals surface area contributed by atoms with Gasteiger partial charge in [0.1, 0.15) is 0 Å². The highest BCUT2D eigenvalue weighted by atomic mass is 32.2. The van der Waals surface area contributed by atoms with Crippen LogP contribution < -0.4 is 0 Å². The van der Waals surface area contributed by atoms with Crippen LogP contribution in [-0.4, -0.2) is 0 Å². The maximum Gasteiger partial charge on any atom is 0.388 e. The highest BCUT2D eigenvalue weighted by molar-refractivity contribution is 7.99. The summed E-state index contributed by atoms with van der Waals surface area (Å²) in [7, 11) is 0. The summed E-state index contributed by atoms with van der Waals surface area (Å²) in [5, 5.41) is 9.27. The van der Waals surface area contributed by atoms with Crippen LogP contribution in [0.1, 0.15) is 43.4 Å². The van der Waals surface area contributed by atoms with Gasteiger partial charge in [0.2, 0.25) is 5.39 Å². The van der Waals surface area contributed by atoms with Crippen molar-refractivity contribution in [3.63, 3.8) is 0 Å². The van der Waals surface area contributed by atoms with Gasteiger partial charge in [0.05, 0.1) is 0 Å². The number of rotatable bonds is 6. The molecule has 2 aromatic carbocycles. The van der Waals surface area contributed by atoms with E-state index >= 15 is 0 Å². The first-order chi connectivity index (χ1) is 10.7. The number of hydrogen-bond donors (Lipinski definition) is 0. The average Bonchev–Trinajstić information content (AvgIpc) is 2.52. The van der Waals surface area contributed by atoms with Gasteiger partial charge in [-0.1, -0.05) is 56.1 Å². The molecule has 0 fully saturated rings. The molecule has 0 atom stereocenters. The number of nitrogens with zero attached hydrogens (tertiary/aromatic N) is 2. The van der Waals surface area contributed by atoms with Gasteiger partial charge in [0.25, 0.3) is 0 Å². The highest BCUT2D eigenvalue weighted by Gasteiger charge is 2.18. The fourth-order valence-corrected chi connectivity index (χ4v) is 3.53. The van der Waals surface area contributed by atoms with Crippen molar-refractivity contribution in [3.05, 3.63) is 58.1 Å². The van der Waals surface area contributed by atoms with Gasteiger partial charge >= 0.3 is 5.69 Å². The Balaban J connectivity index is 2.40. The fourth-order valence-electron chi connectivity index (χ4n) is 2.51. The van der Waals surface area contributed by atoms with Crippen molar-refractivity contribution >= 4 is 17.4 Å². The summed E-state index contributed by atoms with van der Waals surface area (Å²) in [6.45, 7) is 6.43. The average molecular weight is 311 g/mol. The van der Waals surface area contributed by atoms with Crippen molar-refractivity contribution < 1.29 is 0 Å². The molecule has 0 radical (unpaired) electrons. The molecule has 0 heterocycles. The molecule has 3 heteroatoms. The summed E-state index contributed by atoms with van der Waals surface area (Å²) in [5.74, 6) is 0. The normalized spacial score (nSPS) is 10.5. The maximum absolute atomic E-state index is 9.27. The van der Waals surface area contributed by atoms with Crippen molar-refractivity contribution in [1.29, 1.82) is 5.39 Å². The lowest BCUT2D eigenvalue weighted by molar-refractivity contribution is 0.885. The van der Waals surface area contributed by atoms with Gasteiger partial charge in [-0.15, -0.1) is 0 Å². The summed E-state index contributed by atoms with van der Waals surface area (Å²) in [6.07, 6.45) is 4.07. The van der Waals surface area contributed by atoms with E-state index < -0.39 is 0 Å². The van der Waals surface area contributed by atoms with Crippen molar-refractivity contribution in [1.82, 2.24) is 0 Å². The first kappa shape index (κ1) is 16.6. The van der Waals surface area contributed by atoms with E-state index in [4.69, 9.17) is 0 Å². The second kappa shape index (κ2) is 8.00. The van der Waals surface area contributed by atoms with Crippen molar-refractivity contribution in [2.75, 3.05) is 0 Å². The van der Waals surface area contributed by atoms with Crippen molar-refractivity contribution in [3.8, 4) is 0 Å². The third kappa shape index (κ3) is 4.11. The summed E-state index contributed by atoms with van der Waals surface area (Å²) in [5.41, 5.74) is 4.39. The minimum Gasteiger partial charge on any atom is -0.0898 e. The van der Waals surface area contributed by atoms with Crippen LogP contribution in [0.4, 0.5) is 5.69 Å². The van der Waals surface area contributed by atoms with Gasteiger partial charge in [0.15, 0.2) is 4.98 Å². The molecule has 0 aliphatic heterocycles. The molecule has 0 aliphatic rings. The van der Waals surface area contributed by atoms with Crippen molar-refractivity contribution in [2.45, 2.75) is 56.2 Å². The second-order valence-corrected chi connectivity index (χ2v) is 6.72. The van der Waals surface area contributed by atoms with E-state index in [1.165, 1.54) is 20.9 Å². The van der Waals surface area contributed by atoms with Crippen LogP contribution in [0.25, 0.3) is 4.98 Å². The third-order valence-electron chi connectivity index (χ3n) is 3.66. The molecule has 22 heavy (non-hydrogen) atoms. The Hall–Kier alpha value is -1.79. The highest BCUT2D eigenvalue weighted by Crippen LogP contribution is 2.36. The van der Waals surface area contributed by atoms with Gasteiger partial charge in [-0.2, -0.15) is 0 Å². The third-order valence-corrected chi connectivity index (χ3v) is 4.76. The van der Waals surface area contributed by atoms with E-state index in [-0.39, 0.29) is 0 Å². The van der Waals surface area contributed by atoms with E-state index in [1.54, 1.807) is 11.8 Å². The molecule has 0 spiro atoms. The molecule has 0 N–H and O–H groups in total. The minimum atomic E-state index is 0.721. The van der Waals surface area contributed by atoms with E-state index in [1.807, 2.05) is 6.07 Å². The number of hydrogen-bond acceptors (Lipinski definition) is 2. The van der Waals surface area contributed by atoms with Crippen LogP contribution in [0.15, 0.2) is 46.2 Å². The second-order valence-electron chi connectivity index (χ2n) is 5.60. The maximum atomic E-state index is 9.27. The monoisotopic (exact) mass is 311 g/mol. The molecule has 0 amide bonds. The van der Waals surface area contributed by atoms with Gasteiger partial charge in [-0.3, -0.25) is 0 Å². The first-order valence-corrected chi connectivity index (χ1v) is 8.75. The summed E-state index contributed by atoms with van der Waals surface area (Å²) in [4.78, 5) is 6.01. The molecule has 0 aromatic heterocycles. The largest absolute Gasteiger partial charge is 0.388 e. The Labute approximate surface area is 137 Å². The lowest BCUT2D eigenvalue weighted by Gasteiger charge is -2.10. The van der Waals surface area contributed by atoms with E-state index in [0.717, 1.165) is 36.9 Å². The van der Waals surface area contributed by atoms with Gasteiger partial charge in [0, 0.05) is 21.4 Å². The zero-order valence-corrected chi connectivity index (χ0v) is 14.4. The standard InChI is InChI=1S/C19H23N2S/c1-4-6-15-13-19(16(7-5-2)12-18(15)21-20)22-17-10-8-14(3)9-11-17/h8-13H,4-7H2,1-3H3/q+1. The quantitative estimate of drug-likeness (QED) is 0.567. The molecule has 114 valence electrons. The molecule has 0 aliphatic carbocycles. The molecular formula is C19H23N2S+. The lowest BCUT2D eigenvalue weighted by Crippen LogP contribution is -1.92. The predicted molar refractivity (Wildman–Crippen MR) is 94.5 cm³/mol. The van der Waals surface area contributed by atoms with E-state index in [0.29, 0.717) is 0 Å². The molecule has 0 saturated heterocycles. The van der Waals surface area contributed by atoms with Crippen LogP contribution in [0, 0.1) is 12.3 Å². The zero-order valence-electron chi connectivity index (χ0n) is 13.6. The van der Waals surface area contributed by atoms with Gasteiger partial charge in [-0.05, 0) is 43.5 Å². The van der Waals surface area contributed by atoms with E-state index in [9.17, 15) is 5.39 Å². The van der Waals surface area contributed by atoms with Crippen molar-refractivity contribution in [2.24, 2.45) is 0 Å². The Morgan fingerprint density at radius 2 is 1.59 bits per heavy atom. The molecular weight excluding hydrogens is 288 g/mol. The Morgan fingerprint density at radius 3 is 2.18 bits per heavy atom. The van der Waals surface area contributed by atoms with Gasteiger partial charge < -0.3 is 0 Å². The molecule has 2 aromatic rings. The molecule has 0 unspecified atom stereocenters. The number of benzene rings is 2. The number of aryl methyl sites for hydroxylation is 3. The van der Waals surface area contributed by atoms with Crippen LogP contribution in [0.5, 0.6) is 0 Å². The topological polar surface area (TPSA) is 28.1 Å². The zero-order chi connectivity index (χ0) is 15.9. The van der Waals surface area contributed by atoms with Crippen LogP contribution in [-0.2, 0) is 12.8 Å². The minimum absolute atomic E-state index is 0.721. The fraction of sp³-hybridized carbons (Fsp3) is 0.368. The summed E-state index contributed by atoms with van der Waals surface area (Å²) < 4.78 is 0. The molecule has 2 rings (SSSR count). The SMILES string of the molecule is CCCc1cc(Sc2ccc(C)cc2)c(CCC)cc1[N+]#N. The molecule has 0 saturated carbocycles. The smallest absolute Gasteiger partial charge is 0.0898 e. The van der Waals surface area contributed by atoms with Gasteiger partial charge in [-0.25, -0.2) is 0 Å². The Bertz CT molecular complexity index is 669. The summed E-state index contributed by atoms with van der Waals surface area (Å²) >= 11 is 1.80. The number of diazo groups is 1.